The number of unbranched alkanes of at least 4 members (excludes halogenated alkanes) is 31. The largest absolute Gasteiger partial charge is 0.462 e. The number of hydrogen-bond acceptors (Lipinski definition) is 6. The van der Waals surface area contributed by atoms with Gasteiger partial charge in [0, 0.05) is 19.3 Å². The van der Waals surface area contributed by atoms with Crippen LogP contribution in [0.2, 0.25) is 0 Å². The molecule has 0 saturated carbocycles. The van der Waals surface area contributed by atoms with E-state index in [-0.39, 0.29) is 31.1 Å². The van der Waals surface area contributed by atoms with E-state index < -0.39 is 6.10 Å². The predicted molar refractivity (Wildman–Crippen MR) is 330 cm³/mol. The molecule has 6 nitrogen and oxygen atoms in total. The SMILES string of the molecule is CC/C=C\C/C=C\C/C=C\C/C=C\CCCCCCC(=O)OCC(COC(=O)CCCCCCCCCCCCC/C=C\C/C=C\CCCCCCC)OC(=O)CCCCCCCCC/C=C\C/C=C\CCCCCC. The molecular formula is C70H120O6. The summed E-state index contributed by atoms with van der Waals surface area (Å²) in [4.78, 5) is 38.3. The topological polar surface area (TPSA) is 78.9 Å². The van der Waals surface area contributed by atoms with Gasteiger partial charge in [0.2, 0.25) is 0 Å². The maximum atomic E-state index is 12.9. The quantitative estimate of drug-likeness (QED) is 0.0261. The van der Waals surface area contributed by atoms with Gasteiger partial charge in [-0.3, -0.25) is 14.4 Å². The fourth-order valence-electron chi connectivity index (χ4n) is 8.97. The van der Waals surface area contributed by atoms with Crippen LogP contribution in [0.5, 0.6) is 0 Å². The monoisotopic (exact) mass is 1060 g/mol. The molecule has 76 heavy (non-hydrogen) atoms. The molecule has 0 rings (SSSR count). The van der Waals surface area contributed by atoms with Gasteiger partial charge in [-0.15, -0.1) is 0 Å². The zero-order chi connectivity index (χ0) is 55.0. The van der Waals surface area contributed by atoms with Gasteiger partial charge in [-0.05, 0) is 122 Å². The lowest BCUT2D eigenvalue weighted by molar-refractivity contribution is -0.167. The van der Waals surface area contributed by atoms with Crippen LogP contribution in [0.4, 0.5) is 0 Å². The van der Waals surface area contributed by atoms with Crippen LogP contribution in [0.15, 0.2) is 97.2 Å². The highest BCUT2D eigenvalue weighted by molar-refractivity contribution is 5.71. The first-order valence-electron chi connectivity index (χ1n) is 32.2. The third-order valence-corrected chi connectivity index (χ3v) is 13.8. The normalized spacial score (nSPS) is 12.7. The summed E-state index contributed by atoms with van der Waals surface area (Å²) in [6.07, 6.45) is 85.5. The Morgan fingerprint density at radius 2 is 0.513 bits per heavy atom. The summed E-state index contributed by atoms with van der Waals surface area (Å²) < 4.78 is 16.9. The second-order valence-electron chi connectivity index (χ2n) is 21.3. The van der Waals surface area contributed by atoms with E-state index in [2.05, 4.69) is 118 Å². The molecule has 0 aromatic rings. The van der Waals surface area contributed by atoms with Crippen LogP contribution in [-0.2, 0) is 28.6 Å². The van der Waals surface area contributed by atoms with E-state index in [1.54, 1.807) is 0 Å². The van der Waals surface area contributed by atoms with Crippen molar-refractivity contribution in [3.8, 4) is 0 Å². The van der Waals surface area contributed by atoms with Gasteiger partial charge in [0.1, 0.15) is 13.2 Å². The van der Waals surface area contributed by atoms with Crippen molar-refractivity contribution in [2.45, 2.75) is 316 Å². The van der Waals surface area contributed by atoms with Gasteiger partial charge in [-0.2, -0.15) is 0 Å². The highest BCUT2D eigenvalue weighted by atomic mass is 16.6. The fourth-order valence-corrected chi connectivity index (χ4v) is 8.97. The van der Waals surface area contributed by atoms with E-state index in [0.717, 1.165) is 116 Å². The Bertz CT molecular complexity index is 1490. The zero-order valence-corrected chi connectivity index (χ0v) is 50.0. The van der Waals surface area contributed by atoms with Crippen LogP contribution in [-0.4, -0.2) is 37.2 Å². The van der Waals surface area contributed by atoms with Crippen LogP contribution >= 0.6 is 0 Å². The minimum Gasteiger partial charge on any atom is -0.462 e. The maximum Gasteiger partial charge on any atom is 0.306 e. The Balaban J connectivity index is 4.40. The maximum absolute atomic E-state index is 12.9. The third kappa shape index (κ3) is 61.2. The molecule has 436 valence electrons. The Morgan fingerprint density at radius 1 is 0.276 bits per heavy atom. The summed E-state index contributed by atoms with van der Waals surface area (Å²) in [6.45, 7) is 6.50. The molecule has 0 amide bonds. The molecule has 6 heteroatoms. The van der Waals surface area contributed by atoms with Crippen molar-refractivity contribution in [1.29, 1.82) is 0 Å². The Hall–Kier alpha value is -3.67. The van der Waals surface area contributed by atoms with Gasteiger partial charge >= 0.3 is 17.9 Å². The molecule has 0 bridgehead atoms. The second kappa shape index (κ2) is 63.9. The van der Waals surface area contributed by atoms with Gasteiger partial charge in [0.05, 0.1) is 0 Å². The molecule has 1 atom stereocenters. The molecule has 0 aliphatic rings. The molecule has 0 spiro atoms. The minimum atomic E-state index is -0.795. The Morgan fingerprint density at radius 3 is 0.816 bits per heavy atom. The first kappa shape index (κ1) is 72.3. The van der Waals surface area contributed by atoms with E-state index in [4.69, 9.17) is 14.2 Å². The summed E-state index contributed by atoms with van der Waals surface area (Å²) in [5.74, 6) is -0.914. The van der Waals surface area contributed by atoms with Crippen LogP contribution in [0, 0.1) is 0 Å². The van der Waals surface area contributed by atoms with Gasteiger partial charge in [-0.1, -0.05) is 266 Å². The van der Waals surface area contributed by atoms with Crippen molar-refractivity contribution in [2.24, 2.45) is 0 Å². The Kier molecular flexibility index (Phi) is 60.8. The number of allylic oxidation sites excluding steroid dienone is 16. The van der Waals surface area contributed by atoms with Crippen molar-refractivity contribution in [3.05, 3.63) is 97.2 Å². The first-order valence-corrected chi connectivity index (χ1v) is 32.2. The van der Waals surface area contributed by atoms with Crippen LogP contribution < -0.4 is 0 Å². The molecule has 0 aliphatic heterocycles. The minimum absolute atomic E-state index is 0.0895. The summed E-state index contributed by atoms with van der Waals surface area (Å²) in [5.41, 5.74) is 0. The van der Waals surface area contributed by atoms with E-state index >= 15 is 0 Å². The van der Waals surface area contributed by atoms with Crippen molar-refractivity contribution < 1.29 is 28.6 Å². The molecule has 0 aliphatic carbocycles. The molecule has 1 unspecified atom stereocenters. The molecule has 0 heterocycles. The van der Waals surface area contributed by atoms with Crippen LogP contribution in [0.1, 0.15) is 310 Å². The lowest BCUT2D eigenvalue weighted by atomic mass is 10.0. The summed E-state index contributed by atoms with van der Waals surface area (Å²) in [5, 5.41) is 0. The van der Waals surface area contributed by atoms with Gasteiger partial charge in [0.15, 0.2) is 6.10 Å². The average Bonchev–Trinajstić information content (AvgIpc) is 3.42. The predicted octanol–water partition coefficient (Wildman–Crippen LogP) is 22.0. The molecule has 0 fully saturated rings. The van der Waals surface area contributed by atoms with Crippen molar-refractivity contribution in [2.75, 3.05) is 13.2 Å². The third-order valence-electron chi connectivity index (χ3n) is 13.8. The average molecular weight is 1060 g/mol. The molecule has 0 aromatic heterocycles. The van der Waals surface area contributed by atoms with E-state index in [1.807, 2.05) is 0 Å². The number of esters is 3. The lowest BCUT2D eigenvalue weighted by Crippen LogP contribution is -2.30. The lowest BCUT2D eigenvalue weighted by Gasteiger charge is -2.18. The first-order chi connectivity index (χ1) is 37.5. The standard InChI is InChI=1S/C70H120O6/c1-4-7-10-13-16-19-22-25-28-31-33-34-35-36-37-40-42-45-48-51-54-57-60-63-69(72)75-66-67(65-74-68(71)62-59-56-53-50-47-44-41-38-30-27-24-21-18-15-12-9-6-3)76-70(73)64-61-58-55-52-49-46-43-39-32-29-26-23-20-17-14-11-8-5-2/h9,12,18,20-23,25,27,29-33,41,44,67H,4-8,10-11,13-17,19,24,26,28,34-40,42-43,45-66H2,1-3H3/b12-9-,21-18-,23-20-,25-22-,30-27-,32-29-,33-31-,44-41-. The van der Waals surface area contributed by atoms with Crippen LogP contribution in [0.25, 0.3) is 0 Å². The van der Waals surface area contributed by atoms with Gasteiger partial charge < -0.3 is 14.2 Å². The van der Waals surface area contributed by atoms with E-state index in [1.165, 1.54) is 154 Å². The number of carbonyl (C=O) groups is 3. The van der Waals surface area contributed by atoms with Crippen LogP contribution in [0.3, 0.4) is 0 Å². The molecular weight excluding hydrogens is 937 g/mol. The molecule has 0 aromatic carbocycles. The van der Waals surface area contributed by atoms with Crippen molar-refractivity contribution in [3.63, 3.8) is 0 Å². The smallest absolute Gasteiger partial charge is 0.306 e. The van der Waals surface area contributed by atoms with Crippen molar-refractivity contribution >= 4 is 17.9 Å². The fraction of sp³-hybridized carbons (Fsp3) is 0.729. The summed E-state index contributed by atoms with van der Waals surface area (Å²) in [6, 6.07) is 0. The van der Waals surface area contributed by atoms with Gasteiger partial charge in [0.25, 0.3) is 0 Å². The van der Waals surface area contributed by atoms with E-state index in [0.29, 0.717) is 19.3 Å². The zero-order valence-electron chi connectivity index (χ0n) is 50.0. The highest BCUT2D eigenvalue weighted by Crippen LogP contribution is 2.16. The summed E-state index contributed by atoms with van der Waals surface area (Å²) >= 11 is 0. The number of ether oxygens (including phenoxy) is 3. The molecule has 0 radical (unpaired) electrons. The second-order valence-corrected chi connectivity index (χ2v) is 21.3. The molecule has 0 N–H and O–H groups in total. The van der Waals surface area contributed by atoms with Gasteiger partial charge in [-0.25, -0.2) is 0 Å². The number of hydrogen-bond donors (Lipinski definition) is 0. The highest BCUT2D eigenvalue weighted by Gasteiger charge is 2.19. The van der Waals surface area contributed by atoms with Crippen molar-refractivity contribution in [1.82, 2.24) is 0 Å². The number of carbonyl (C=O) groups excluding carboxylic acids is 3. The summed E-state index contributed by atoms with van der Waals surface area (Å²) in [7, 11) is 0. The number of rotatable bonds is 58. The molecule has 0 saturated heterocycles. The Labute approximate surface area is 470 Å². The van der Waals surface area contributed by atoms with E-state index in [9.17, 15) is 14.4 Å².